The van der Waals surface area contributed by atoms with Gasteiger partial charge in [-0.2, -0.15) is 0 Å². The Morgan fingerprint density at radius 1 is 1.03 bits per heavy atom. The molecule has 1 heterocycles. The third kappa shape index (κ3) is 4.97. The van der Waals surface area contributed by atoms with Crippen molar-refractivity contribution in [1.82, 2.24) is 10.2 Å². The van der Waals surface area contributed by atoms with Crippen molar-refractivity contribution in [3.05, 3.63) is 64.7 Å². The number of amides is 3. The minimum absolute atomic E-state index is 0.00411. The molecule has 5 heteroatoms. The smallest absolute Gasteiger partial charge is 0.321 e. The second kappa shape index (κ2) is 8.68. The van der Waals surface area contributed by atoms with Crippen molar-refractivity contribution in [2.45, 2.75) is 47.1 Å². The van der Waals surface area contributed by atoms with E-state index in [0.717, 1.165) is 35.2 Å². The van der Waals surface area contributed by atoms with Crippen molar-refractivity contribution in [3.63, 3.8) is 0 Å². The van der Waals surface area contributed by atoms with Gasteiger partial charge < -0.3 is 15.5 Å². The molecule has 3 amide bonds. The van der Waals surface area contributed by atoms with Crippen LogP contribution >= 0.6 is 0 Å². The first kappa shape index (κ1) is 20.9. The van der Waals surface area contributed by atoms with Gasteiger partial charge in [-0.3, -0.25) is 4.79 Å². The summed E-state index contributed by atoms with van der Waals surface area (Å²) in [5, 5.41) is 6.05. The van der Waals surface area contributed by atoms with E-state index in [1.807, 2.05) is 70.2 Å². The molecule has 1 aliphatic heterocycles. The zero-order valence-electron chi connectivity index (χ0n) is 17.8. The molecular weight excluding hydrogens is 362 g/mol. The fourth-order valence-corrected chi connectivity index (χ4v) is 3.82. The number of hydrogen-bond donors (Lipinski definition) is 2. The van der Waals surface area contributed by atoms with E-state index in [4.69, 9.17) is 0 Å². The summed E-state index contributed by atoms with van der Waals surface area (Å²) in [7, 11) is 0. The Morgan fingerprint density at radius 2 is 1.79 bits per heavy atom. The minimum Gasteiger partial charge on any atom is -0.351 e. The summed E-state index contributed by atoms with van der Waals surface area (Å²) in [5.74, 6) is 0.00411. The summed E-state index contributed by atoms with van der Waals surface area (Å²) in [6.45, 7) is 9.67. The first-order valence-corrected chi connectivity index (χ1v) is 10.2. The van der Waals surface area contributed by atoms with E-state index in [1.54, 1.807) is 4.90 Å². The van der Waals surface area contributed by atoms with Crippen LogP contribution in [0.25, 0.3) is 0 Å². The van der Waals surface area contributed by atoms with Gasteiger partial charge >= 0.3 is 6.03 Å². The molecule has 0 aliphatic carbocycles. The molecule has 0 radical (unpaired) electrons. The summed E-state index contributed by atoms with van der Waals surface area (Å²) in [6.07, 6.45) is 1.59. The van der Waals surface area contributed by atoms with Crippen molar-refractivity contribution >= 4 is 17.6 Å². The van der Waals surface area contributed by atoms with Gasteiger partial charge in [-0.05, 0) is 74.9 Å². The Kier molecular flexibility index (Phi) is 6.26. The number of aryl methyl sites for hydroxylation is 3. The van der Waals surface area contributed by atoms with Crippen LogP contribution in [-0.4, -0.2) is 29.9 Å². The van der Waals surface area contributed by atoms with Crippen molar-refractivity contribution in [2.75, 3.05) is 18.4 Å². The maximum Gasteiger partial charge on any atom is 0.321 e. The van der Waals surface area contributed by atoms with Gasteiger partial charge in [0.2, 0.25) is 5.91 Å². The maximum absolute atomic E-state index is 12.9. The van der Waals surface area contributed by atoms with Crippen LogP contribution in [-0.2, 0) is 11.3 Å². The number of likely N-dealkylation sites (tertiary alicyclic amines) is 1. The van der Waals surface area contributed by atoms with Gasteiger partial charge in [0, 0.05) is 25.3 Å². The lowest BCUT2D eigenvalue weighted by molar-refractivity contribution is -0.132. The molecule has 0 spiro atoms. The van der Waals surface area contributed by atoms with E-state index in [0.29, 0.717) is 19.6 Å². The second-order valence-electron chi connectivity index (χ2n) is 8.42. The Hall–Kier alpha value is -2.82. The number of rotatable bonds is 4. The van der Waals surface area contributed by atoms with Crippen LogP contribution < -0.4 is 10.6 Å². The van der Waals surface area contributed by atoms with Gasteiger partial charge in [0.15, 0.2) is 0 Å². The highest BCUT2D eigenvalue weighted by molar-refractivity contribution is 5.90. The monoisotopic (exact) mass is 393 g/mol. The summed E-state index contributed by atoms with van der Waals surface area (Å²) >= 11 is 0. The van der Waals surface area contributed by atoms with Crippen LogP contribution in [0.5, 0.6) is 0 Å². The Balaban J connectivity index is 1.61. The lowest BCUT2D eigenvalue weighted by Crippen LogP contribution is -2.52. The average molecular weight is 394 g/mol. The van der Waals surface area contributed by atoms with E-state index in [9.17, 15) is 9.59 Å². The zero-order valence-corrected chi connectivity index (χ0v) is 17.8. The van der Waals surface area contributed by atoms with Crippen LogP contribution in [0.15, 0.2) is 42.5 Å². The van der Waals surface area contributed by atoms with Crippen molar-refractivity contribution in [2.24, 2.45) is 5.41 Å². The van der Waals surface area contributed by atoms with Crippen molar-refractivity contribution < 1.29 is 9.59 Å². The normalized spacial score (nSPS) is 19.0. The standard InChI is InChI=1S/C24H31N3O2/c1-17-10-11-21(14-19(17)3)26-23(29)27-13-7-12-24(4,16-27)22(28)25-15-20-9-6-5-8-18(20)2/h5-6,8-11,14H,7,12-13,15-16H2,1-4H3,(H,25,28)(H,26,29). The largest absolute Gasteiger partial charge is 0.351 e. The van der Waals surface area contributed by atoms with Gasteiger partial charge in [0.25, 0.3) is 0 Å². The van der Waals surface area contributed by atoms with E-state index >= 15 is 0 Å². The Morgan fingerprint density at radius 3 is 2.52 bits per heavy atom. The third-order valence-corrected chi connectivity index (χ3v) is 5.99. The third-order valence-electron chi connectivity index (χ3n) is 5.99. The number of anilines is 1. The number of nitrogens with zero attached hydrogens (tertiary/aromatic N) is 1. The molecule has 2 aromatic rings. The predicted molar refractivity (Wildman–Crippen MR) is 117 cm³/mol. The molecule has 0 aromatic heterocycles. The molecule has 2 aromatic carbocycles. The number of benzene rings is 2. The number of carbonyl (C=O) groups excluding carboxylic acids is 2. The number of carbonyl (C=O) groups is 2. The highest BCUT2D eigenvalue weighted by atomic mass is 16.2. The lowest BCUT2D eigenvalue weighted by Gasteiger charge is -2.39. The van der Waals surface area contributed by atoms with Crippen LogP contribution in [0.4, 0.5) is 10.5 Å². The quantitative estimate of drug-likeness (QED) is 0.800. The van der Waals surface area contributed by atoms with Crippen molar-refractivity contribution in [1.29, 1.82) is 0 Å². The molecule has 0 saturated carbocycles. The molecule has 29 heavy (non-hydrogen) atoms. The molecule has 0 bridgehead atoms. The minimum atomic E-state index is -0.582. The van der Waals surface area contributed by atoms with Gasteiger partial charge in [-0.25, -0.2) is 4.79 Å². The van der Waals surface area contributed by atoms with Crippen molar-refractivity contribution in [3.8, 4) is 0 Å². The highest BCUT2D eigenvalue weighted by Crippen LogP contribution is 2.30. The Bertz CT molecular complexity index is 909. The summed E-state index contributed by atoms with van der Waals surface area (Å²) in [6, 6.07) is 13.8. The highest BCUT2D eigenvalue weighted by Gasteiger charge is 2.39. The molecule has 1 unspecified atom stereocenters. The summed E-state index contributed by atoms with van der Waals surface area (Å²) in [4.78, 5) is 27.5. The molecule has 154 valence electrons. The maximum atomic E-state index is 12.9. The molecule has 1 saturated heterocycles. The molecule has 2 N–H and O–H groups in total. The van der Waals surface area contributed by atoms with Gasteiger partial charge in [0.1, 0.15) is 0 Å². The topological polar surface area (TPSA) is 61.4 Å². The second-order valence-corrected chi connectivity index (χ2v) is 8.42. The number of piperidine rings is 1. The lowest BCUT2D eigenvalue weighted by atomic mass is 9.81. The predicted octanol–water partition coefficient (Wildman–Crippen LogP) is 4.56. The molecule has 1 aliphatic rings. The van der Waals surface area contributed by atoms with Crippen LogP contribution in [0.2, 0.25) is 0 Å². The van der Waals surface area contributed by atoms with Crippen LogP contribution in [0.1, 0.15) is 42.0 Å². The summed E-state index contributed by atoms with van der Waals surface area (Å²) in [5.41, 5.74) is 4.82. The number of hydrogen-bond acceptors (Lipinski definition) is 2. The fraction of sp³-hybridized carbons (Fsp3) is 0.417. The van der Waals surface area contributed by atoms with E-state index in [2.05, 4.69) is 10.6 Å². The molecule has 1 atom stereocenters. The Labute approximate surface area is 173 Å². The first-order chi connectivity index (χ1) is 13.8. The van der Waals surface area contributed by atoms with Gasteiger partial charge in [-0.15, -0.1) is 0 Å². The molecular formula is C24H31N3O2. The average Bonchev–Trinajstić information content (AvgIpc) is 2.70. The number of nitrogens with one attached hydrogen (secondary N) is 2. The molecule has 1 fully saturated rings. The SMILES string of the molecule is Cc1ccc(NC(=O)N2CCCC(C)(C(=O)NCc3ccccc3C)C2)cc1C. The van der Waals surface area contributed by atoms with E-state index in [-0.39, 0.29) is 11.9 Å². The van der Waals surface area contributed by atoms with Gasteiger partial charge in [0.05, 0.1) is 5.41 Å². The fourth-order valence-electron chi connectivity index (χ4n) is 3.82. The summed E-state index contributed by atoms with van der Waals surface area (Å²) < 4.78 is 0. The molecule has 3 rings (SSSR count). The van der Waals surface area contributed by atoms with Crippen LogP contribution in [0, 0.1) is 26.2 Å². The van der Waals surface area contributed by atoms with E-state index < -0.39 is 5.41 Å². The van der Waals surface area contributed by atoms with Gasteiger partial charge in [-0.1, -0.05) is 30.3 Å². The number of urea groups is 1. The first-order valence-electron chi connectivity index (χ1n) is 10.2. The van der Waals surface area contributed by atoms with Crippen LogP contribution in [0.3, 0.4) is 0 Å². The molecule has 5 nitrogen and oxygen atoms in total. The van der Waals surface area contributed by atoms with E-state index in [1.165, 1.54) is 5.56 Å². The zero-order chi connectivity index (χ0) is 21.0.